The first-order valence-electron chi connectivity index (χ1n) is 7.23. The van der Waals surface area contributed by atoms with E-state index in [-0.39, 0.29) is 10.0 Å². The van der Waals surface area contributed by atoms with Crippen LogP contribution in [-0.2, 0) is 14.8 Å². The Morgan fingerprint density at radius 1 is 1.00 bits per heavy atom. The van der Waals surface area contributed by atoms with Crippen molar-refractivity contribution in [2.75, 3.05) is 0 Å². The first-order valence-corrected chi connectivity index (χ1v) is 9.85. The minimum atomic E-state index is -4.37. The molecule has 0 radical (unpaired) electrons. The van der Waals surface area contributed by atoms with Crippen LogP contribution in [-0.4, -0.2) is 30.6 Å². The Labute approximate surface area is 169 Å². The monoisotopic (exact) mass is 451 g/mol. The third-order valence-corrected chi connectivity index (χ3v) is 5.99. The third-order valence-electron chi connectivity index (χ3n) is 3.49. The summed E-state index contributed by atoms with van der Waals surface area (Å²) in [5, 5.41) is 18.1. The average molecular weight is 453 g/mol. The summed E-state index contributed by atoms with van der Waals surface area (Å²) in [5.74, 6) is -2.68. The van der Waals surface area contributed by atoms with Crippen molar-refractivity contribution >= 4 is 56.8 Å². The number of carboxylic acids is 2. The number of nitrogens with one attached hydrogen (secondary N) is 1. The molecule has 0 saturated heterocycles. The van der Waals surface area contributed by atoms with Gasteiger partial charge in [0.1, 0.15) is 4.90 Å². The van der Waals surface area contributed by atoms with Gasteiger partial charge in [0.15, 0.2) is 0 Å². The molecule has 0 unspecified atom stereocenters. The van der Waals surface area contributed by atoms with Crippen LogP contribution in [0.5, 0.6) is 0 Å². The SMILES string of the molecule is O=C(O)C[C@H](NS(=O)(=O)c1cc(C(=O)O)c(Cl)cc1Cl)c1ccc(Cl)cc1. The molecule has 0 bridgehead atoms. The van der Waals surface area contributed by atoms with Crippen molar-refractivity contribution in [1.82, 2.24) is 4.72 Å². The van der Waals surface area contributed by atoms with Gasteiger partial charge >= 0.3 is 11.9 Å². The van der Waals surface area contributed by atoms with E-state index in [9.17, 15) is 18.0 Å². The molecule has 0 fully saturated rings. The molecule has 3 N–H and O–H groups in total. The van der Waals surface area contributed by atoms with Crippen LogP contribution >= 0.6 is 34.8 Å². The van der Waals surface area contributed by atoms with E-state index in [1.54, 1.807) is 0 Å². The van der Waals surface area contributed by atoms with Crippen LogP contribution in [0.25, 0.3) is 0 Å². The Kier molecular flexibility index (Phi) is 6.72. The van der Waals surface area contributed by atoms with E-state index in [1.807, 2.05) is 0 Å². The fourth-order valence-corrected chi connectivity index (χ4v) is 4.45. The molecule has 0 spiro atoms. The maximum absolute atomic E-state index is 12.7. The lowest BCUT2D eigenvalue weighted by Gasteiger charge is -2.18. The Morgan fingerprint density at radius 3 is 2.11 bits per heavy atom. The van der Waals surface area contributed by atoms with Crippen molar-refractivity contribution in [2.45, 2.75) is 17.4 Å². The van der Waals surface area contributed by atoms with Gasteiger partial charge in [0.05, 0.1) is 28.1 Å². The van der Waals surface area contributed by atoms with Crippen LogP contribution in [0.2, 0.25) is 15.1 Å². The van der Waals surface area contributed by atoms with Gasteiger partial charge in [0, 0.05) is 5.02 Å². The van der Waals surface area contributed by atoms with Gasteiger partial charge in [-0.3, -0.25) is 4.79 Å². The van der Waals surface area contributed by atoms with Crippen molar-refractivity contribution in [2.24, 2.45) is 0 Å². The zero-order valence-electron chi connectivity index (χ0n) is 13.3. The molecule has 0 aromatic heterocycles. The number of aliphatic carboxylic acids is 1. The van der Waals surface area contributed by atoms with E-state index < -0.39 is 44.9 Å². The molecule has 1 atom stereocenters. The van der Waals surface area contributed by atoms with Crippen molar-refractivity contribution in [1.29, 1.82) is 0 Å². The van der Waals surface area contributed by atoms with Gasteiger partial charge in [-0.25, -0.2) is 17.9 Å². The number of hydrogen-bond acceptors (Lipinski definition) is 4. The molecule has 27 heavy (non-hydrogen) atoms. The molecule has 2 aromatic carbocycles. The van der Waals surface area contributed by atoms with E-state index in [0.29, 0.717) is 10.6 Å². The molecule has 0 aliphatic heterocycles. The second-order valence-corrected chi connectivity index (χ2v) is 8.32. The van der Waals surface area contributed by atoms with Crippen LogP contribution in [0.1, 0.15) is 28.4 Å². The second kappa shape index (κ2) is 8.45. The summed E-state index contributed by atoms with van der Waals surface area (Å²) in [7, 11) is -4.37. The smallest absolute Gasteiger partial charge is 0.337 e. The maximum atomic E-state index is 12.7. The summed E-state index contributed by atoms with van der Waals surface area (Å²) in [6.45, 7) is 0. The van der Waals surface area contributed by atoms with E-state index in [0.717, 1.165) is 12.1 Å². The summed E-state index contributed by atoms with van der Waals surface area (Å²) < 4.78 is 27.7. The van der Waals surface area contributed by atoms with Crippen molar-refractivity contribution < 1.29 is 28.2 Å². The van der Waals surface area contributed by atoms with Crippen molar-refractivity contribution in [3.05, 3.63) is 62.6 Å². The lowest BCUT2D eigenvalue weighted by molar-refractivity contribution is -0.137. The molecule has 11 heteroatoms. The summed E-state index contributed by atoms with van der Waals surface area (Å²) >= 11 is 17.5. The molecule has 0 amide bonds. The van der Waals surface area contributed by atoms with Crippen LogP contribution in [0, 0.1) is 0 Å². The van der Waals surface area contributed by atoms with Crippen molar-refractivity contribution in [3.63, 3.8) is 0 Å². The zero-order chi connectivity index (χ0) is 20.4. The minimum Gasteiger partial charge on any atom is -0.481 e. The van der Waals surface area contributed by atoms with E-state index in [1.165, 1.54) is 24.3 Å². The average Bonchev–Trinajstić information content (AvgIpc) is 2.53. The van der Waals surface area contributed by atoms with Gasteiger partial charge in [-0.15, -0.1) is 0 Å². The lowest BCUT2D eigenvalue weighted by atomic mass is 10.1. The highest BCUT2D eigenvalue weighted by atomic mass is 35.5. The fraction of sp³-hybridized carbons (Fsp3) is 0.125. The second-order valence-electron chi connectivity index (χ2n) is 5.39. The normalized spacial score (nSPS) is 12.6. The van der Waals surface area contributed by atoms with E-state index >= 15 is 0 Å². The van der Waals surface area contributed by atoms with Crippen LogP contribution in [0.4, 0.5) is 0 Å². The molecule has 144 valence electrons. The summed E-state index contributed by atoms with van der Waals surface area (Å²) in [6.07, 6.45) is -0.558. The number of sulfonamides is 1. The predicted molar refractivity (Wildman–Crippen MR) is 100 cm³/mol. The molecular formula is C16H12Cl3NO6S. The molecular weight excluding hydrogens is 441 g/mol. The van der Waals surface area contributed by atoms with Gasteiger partial charge in [-0.2, -0.15) is 0 Å². The third kappa shape index (κ3) is 5.33. The summed E-state index contributed by atoms with van der Waals surface area (Å²) in [4.78, 5) is 21.8. The quantitative estimate of drug-likeness (QED) is 0.587. The number of carboxylic acid groups (broad SMARTS) is 2. The predicted octanol–water partition coefficient (Wildman–Crippen LogP) is 3.84. The van der Waals surface area contributed by atoms with Gasteiger partial charge in [-0.05, 0) is 29.8 Å². The highest BCUT2D eigenvalue weighted by Crippen LogP contribution is 2.30. The fourth-order valence-electron chi connectivity index (χ4n) is 2.25. The zero-order valence-corrected chi connectivity index (χ0v) is 16.4. The number of rotatable bonds is 7. The van der Waals surface area contributed by atoms with Gasteiger partial charge in [0.25, 0.3) is 0 Å². The van der Waals surface area contributed by atoms with Crippen LogP contribution in [0.15, 0.2) is 41.3 Å². The van der Waals surface area contributed by atoms with Crippen LogP contribution in [0.3, 0.4) is 0 Å². The largest absolute Gasteiger partial charge is 0.481 e. The number of carbonyl (C=O) groups is 2. The Bertz CT molecular complexity index is 992. The molecule has 0 aliphatic rings. The highest BCUT2D eigenvalue weighted by Gasteiger charge is 2.27. The Balaban J connectivity index is 2.47. The molecule has 2 rings (SSSR count). The van der Waals surface area contributed by atoms with Crippen molar-refractivity contribution in [3.8, 4) is 0 Å². The topological polar surface area (TPSA) is 121 Å². The molecule has 0 aliphatic carbocycles. The highest BCUT2D eigenvalue weighted by molar-refractivity contribution is 7.89. The first-order chi connectivity index (χ1) is 12.5. The Hall–Kier alpha value is -1.84. The summed E-state index contributed by atoms with van der Waals surface area (Å²) in [5.41, 5.74) is -0.100. The molecule has 7 nitrogen and oxygen atoms in total. The van der Waals surface area contributed by atoms with E-state index in [2.05, 4.69) is 4.72 Å². The van der Waals surface area contributed by atoms with Gasteiger partial charge in [-0.1, -0.05) is 46.9 Å². The maximum Gasteiger partial charge on any atom is 0.337 e. The summed E-state index contributed by atoms with van der Waals surface area (Å²) in [6, 6.07) is 6.60. The number of halogens is 3. The standard InChI is InChI=1S/C16H12Cl3NO6S/c17-9-3-1-8(2-4-9)13(7-15(21)22)20-27(25,26)14-5-10(16(23)24)11(18)6-12(14)19/h1-6,13,20H,7H2,(H,21,22)(H,23,24)/t13-/m0/s1. The Morgan fingerprint density at radius 2 is 1.59 bits per heavy atom. The lowest BCUT2D eigenvalue weighted by Crippen LogP contribution is -2.30. The van der Waals surface area contributed by atoms with E-state index in [4.69, 9.17) is 45.0 Å². The molecule has 0 heterocycles. The molecule has 0 saturated carbocycles. The number of aromatic carboxylic acids is 1. The number of hydrogen-bond donors (Lipinski definition) is 3. The van der Waals surface area contributed by atoms with Gasteiger partial charge < -0.3 is 10.2 Å². The minimum absolute atomic E-state index is 0.230. The first kappa shape index (κ1) is 21.5. The number of benzene rings is 2. The molecule has 2 aromatic rings. The van der Waals surface area contributed by atoms with Crippen LogP contribution < -0.4 is 4.72 Å². The van der Waals surface area contributed by atoms with Gasteiger partial charge in [0.2, 0.25) is 10.0 Å².